The lowest BCUT2D eigenvalue weighted by Crippen LogP contribution is -2.39. The molecule has 1 rings (SSSR count). The number of hydrogen-bond donors (Lipinski definition) is 1. The van der Waals surface area contributed by atoms with Crippen molar-refractivity contribution in [3.8, 4) is 0 Å². The van der Waals surface area contributed by atoms with Crippen LogP contribution in [-0.4, -0.2) is 30.8 Å². The Morgan fingerprint density at radius 2 is 2.00 bits per heavy atom. The molecule has 0 heterocycles. The zero-order valence-corrected chi connectivity index (χ0v) is 9.57. The molecule has 0 spiro atoms. The molecule has 4 heteroatoms. The van der Waals surface area contributed by atoms with Crippen LogP contribution < -0.4 is 5.73 Å². The second kappa shape index (κ2) is 6.08. The van der Waals surface area contributed by atoms with Crippen molar-refractivity contribution in [2.45, 2.75) is 57.8 Å². The topological polar surface area (TPSA) is 61.5 Å². The van der Waals surface area contributed by atoms with E-state index in [4.69, 9.17) is 15.2 Å². The van der Waals surface area contributed by atoms with E-state index in [0.717, 1.165) is 25.7 Å². The number of carbonyl (C=O) groups is 1. The lowest BCUT2D eigenvalue weighted by Gasteiger charge is -2.16. The maximum absolute atomic E-state index is 11.5. The number of hydrogen-bond acceptors (Lipinski definition) is 4. The Hall–Kier alpha value is -0.610. The summed E-state index contributed by atoms with van der Waals surface area (Å²) in [5, 5.41) is 0. The predicted molar refractivity (Wildman–Crippen MR) is 57.4 cm³/mol. The Kier molecular flexibility index (Phi) is 5.05. The van der Waals surface area contributed by atoms with Gasteiger partial charge >= 0.3 is 5.97 Å². The van der Waals surface area contributed by atoms with E-state index >= 15 is 0 Å². The zero-order chi connectivity index (χ0) is 11.3. The van der Waals surface area contributed by atoms with Crippen LogP contribution in [0.2, 0.25) is 0 Å². The van der Waals surface area contributed by atoms with Gasteiger partial charge in [0.05, 0.1) is 12.7 Å². The second-order valence-electron chi connectivity index (χ2n) is 4.33. The van der Waals surface area contributed by atoms with Crippen molar-refractivity contribution < 1.29 is 14.3 Å². The van der Waals surface area contributed by atoms with Gasteiger partial charge in [0.1, 0.15) is 12.1 Å². The largest absolute Gasteiger partial charge is 0.461 e. The summed E-state index contributed by atoms with van der Waals surface area (Å²) >= 11 is 0. The number of carbonyl (C=O) groups excluding carboxylic acids is 1. The van der Waals surface area contributed by atoms with E-state index in [1.807, 2.05) is 13.8 Å². The van der Waals surface area contributed by atoms with Crippen LogP contribution in [0, 0.1) is 0 Å². The normalized spacial score (nSPS) is 19.5. The van der Waals surface area contributed by atoms with Gasteiger partial charge in [-0.25, -0.2) is 0 Å². The first kappa shape index (κ1) is 12.5. The van der Waals surface area contributed by atoms with Crippen LogP contribution in [0.25, 0.3) is 0 Å². The molecule has 0 bridgehead atoms. The molecule has 1 aliphatic carbocycles. The molecule has 0 aromatic rings. The minimum atomic E-state index is -0.645. The molecule has 0 aromatic heterocycles. The molecule has 0 saturated heterocycles. The third-order valence-electron chi connectivity index (χ3n) is 2.50. The van der Waals surface area contributed by atoms with Crippen molar-refractivity contribution in [3.63, 3.8) is 0 Å². The quantitative estimate of drug-likeness (QED) is 0.700. The van der Waals surface area contributed by atoms with E-state index in [9.17, 15) is 4.79 Å². The van der Waals surface area contributed by atoms with Crippen molar-refractivity contribution >= 4 is 5.97 Å². The molecule has 1 atom stereocenters. The predicted octanol–water partition coefficient (Wildman–Crippen LogP) is 1.22. The van der Waals surface area contributed by atoms with E-state index in [-0.39, 0.29) is 24.8 Å². The molecule has 0 aliphatic heterocycles. The molecule has 88 valence electrons. The second-order valence-corrected chi connectivity index (χ2v) is 4.33. The summed E-state index contributed by atoms with van der Waals surface area (Å²) in [7, 11) is 0. The lowest BCUT2D eigenvalue weighted by atomic mass is 10.3. The Morgan fingerprint density at radius 3 is 2.53 bits per heavy atom. The van der Waals surface area contributed by atoms with Gasteiger partial charge in [-0.2, -0.15) is 0 Å². The fraction of sp³-hybridized carbons (Fsp3) is 0.909. The number of ether oxygens (including phenoxy) is 2. The molecule has 0 amide bonds. The molecule has 1 aliphatic rings. The molecule has 15 heavy (non-hydrogen) atoms. The van der Waals surface area contributed by atoms with Crippen LogP contribution in [0.15, 0.2) is 0 Å². The summed E-state index contributed by atoms with van der Waals surface area (Å²) in [4.78, 5) is 11.5. The van der Waals surface area contributed by atoms with E-state index in [1.54, 1.807) is 0 Å². The minimum absolute atomic E-state index is 0.0857. The third-order valence-corrected chi connectivity index (χ3v) is 2.50. The van der Waals surface area contributed by atoms with Gasteiger partial charge in [0.15, 0.2) is 0 Å². The molecule has 0 radical (unpaired) electrons. The van der Waals surface area contributed by atoms with Gasteiger partial charge < -0.3 is 15.2 Å². The summed E-state index contributed by atoms with van der Waals surface area (Å²) in [6.07, 6.45) is 4.43. The van der Waals surface area contributed by atoms with Gasteiger partial charge in [-0.05, 0) is 39.5 Å². The molecule has 0 aromatic carbocycles. The van der Waals surface area contributed by atoms with Gasteiger partial charge in [0, 0.05) is 0 Å². The molecule has 1 fully saturated rings. The minimum Gasteiger partial charge on any atom is -0.461 e. The molecular weight excluding hydrogens is 194 g/mol. The summed E-state index contributed by atoms with van der Waals surface area (Å²) in [6, 6.07) is -0.645. The summed E-state index contributed by atoms with van der Waals surface area (Å²) in [6.45, 7) is 4.06. The highest BCUT2D eigenvalue weighted by Gasteiger charge is 2.23. The van der Waals surface area contributed by atoms with Crippen LogP contribution in [0.4, 0.5) is 0 Å². The van der Waals surface area contributed by atoms with Crippen molar-refractivity contribution in [1.82, 2.24) is 0 Å². The summed E-state index contributed by atoms with van der Waals surface area (Å²) in [5.74, 6) is -0.331. The van der Waals surface area contributed by atoms with Crippen LogP contribution >= 0.6 is 0 Å². The number of rotatable bonds is 5. The van der Waals surface area contributed by atoms with Crippen molar-refractivity contribution in [1.29, 1.82) is 0 Å². The highest BCUT2D eigenvalue weighted by atomic mass is 16.5. The molecule has 4 nitrogen and oxygen atoms in total. The van der Waals surface area contributed by atoms with Gasteiger partial charge in [0.2, 0.25) is 0 Å². The number of esters is 1. The van der Waals surface area contributed by atoms with Crippen LogP contribution in [-0.2, 0) is 14.3 Å². The van der Waals surface area contributed by atoms with E-state index in [2.05, 4.69) is 0 Å². The first-order chi connectivity index (χ1) is 7.09. The fourth-order valence-corrected chi connectivity index (χ4v) is 1.62. The summed E-state index contributed by atoms with van der Waals surface area (Å²) in [5.41, 5.74) is 5.64. The fourth-order valence-electron chi connectivity index (χ4n) is 1.62. The van der Waals surface area contributed by atoms with Crippen molar-refractivity contribution in [2.75, 3.05) is 6.61 Å². The average molecular weight is 215 g/mol. The number of nitrogens with two attached hydrogens (primary N) is 1. The SMILES string of the molecule is CC(C)OC[C@H](N)C(=O)OC1CCCC1. The van der Waals surface area contributed by atoms with Gasteiger partial charge in [-0.15, -0.1) is 0 Å². The molecular formula is C11H21NO3. The van der Waals surface area contributed by atoms with E-state index in [0.29, 0.717) is 0 Å². The molecule has 2 N–H and O–H groups in total. The van der Waals surface area contributed by atoms with Gasteiger partial charge in [-0.1, -0.05) is 0 Å². The first-order valence-corrected chi connectivity index (χ1v) is 5.67. The highest BCUT2D eigenvalue weighted by Crippen LogP contribution is 2.21. The summed E-state index contributed by atoms with van der Waals surface area (Å²) < 4.78 is 10.5. The third kappa shape index (κ3) is 4.62. The Morgan fingerprint density at radius 1 is 1.40 bits per heavy atom. The zero-order valence-electron chi connectivity index (χ0n) is 9.57. The smallest absolute Gasteiger partial charge is 0.325 e. The monoisotopic (exact) mass is 215 g/mol. The van der Waals surface area contributed by atoms with Gasteiger partial charge in [-0.3, -0.25) is 4.79 Å². The van der Waals surface area contributed by atoms with Crippen molar-refractivity contribution in [3.05, 3.63) is 0 Å². The molecule has 1 saturated carbocycles. The molecule has 0 unspecified atom stereocenters. The standard InChI is InChI=1S/C11H21NO3/c1-8(2)14-7-10(12)11(13)15-9-5-3-4-6-9/h8-10H,3-7,12H2,1-2H3/t10-/m0/s1. The lowest BCUT2D eigenvalue weighted by molar-refractivity contribution is -0.152. The van der Waals surface area contributed by atoms with E-state index in [1.165, 1.54) is 0 Å². The van der Waals surface area contributed by atoms with Crippen LogP contribution in [0.5, 0.6) is 0 Å². The Balaban J connectivity index is 2.20. The Labute approximate surface area is 91.1 Å². The average Bonchev–Trinajstić information content (AvgIpc) is 2.66. The van der Waals surface area contributed by atoms with E-state index < -0.39 is 6.04 Å². The van der Waals surface area contributed by atoms with Crippen LogP contribution in [0.1, 0.15) is 39.5 Å². The van der Waals surface area contributed by atoms with Crippen molar-refractivity contribution in [2.24, 2.45) is 5.73 Å². The van der Waals surface area contributed by atoms with Crippen LogP contribution in [0.3, 0.4) is 0 Å². The Bertz CT molecular complexity index is 200. The maximum atomic E-state index is 11.5. The maximum Gasteiger partial charge on any atom is 0.325 e. The van der Waals surface area contributed by atoms with Gasteiger partial charge in [0.25, 0.3) is 0 Å². The highest BCUT2D eigenvalue weighted by molar-refractivity contribution is 5.75. The first-order valence-electron chi connectivity index (χ1n) is 5.67.